The van der Waals surface area contributed by atoms with Crippen LogP contribution in [0.4, 0.5) is 13.2 Å². The molecule has 0 aromatic heterocycles. The van der Waals surface area contributed by atoms with E-state index in [9.17, 15) is 13.2 Å². The largest absolute Gasteiger partial charge is 0.493 e. The van der Waals surface area contributed by atoms with Gasteiger partial charge >= 0.3 is 0 Å². The van der Waals surface area contributed by atoms with Crippen molar-refractivity contribution in [3.63, 3.8) is 0 Å². The maximum absolute atomic E-state index is 13.5. The summed E-state index contributed by atoms with van der Waals surface area (Å²) in [6.45, 7) is 2.82. The molecule has 0 heterocycles. The number of ether oxygens (including phenoxy) is 2. The SMILES string of the molecule is [CH2]c1c(F)c(F)c(COC)c(F)c1OC. The van der Waals surface area contributed by atoms with Crippen LogP contribution in [0.25, 0.3) is 0 Å². The lowest BCUT2D eigenvalue weighted by Crippen LogP contribution is -2.06. The van der Waals surface area contributed by atoms with E-state index in [0.717, 1.165) is 7.11 Å². The van der Waals surface area contributed by atoms with E-state index in [-0.39, 0.29) is 6.61 Å². The van der Waals surface area contributed by atoms with Gasteiger partial charge in [-0.1, -0.05) is 0 Å². The van der Waals surface area contributed by atoms with Gasteiger partial charge in [-0.2, -0.15) is 0 Å². The molecule has 0 atom stereocenters. The van der Waals surface area contributed by atoms with Crippen molar-refractivity contribution in [2.75, 3.05) is 14.2 Å². The molecule has 0 amide bonds. The minimum atomic E-state index is -1.29. The third kappa shape index (κ3) is 1.92. The molecule has 5 heteroatoms. The Morgan fingerprint density at radius 1 is 1.07 bits per heavy atom. The maximum atomic E-state index is 13.5. The van der Waals surface area contributed by atoms with E-state index >= 15 is 0 Å². The molecule has 1 aromatic rings. The molecule has 1 aromatic carbocycles. The Morgan fingerprint density at radius 3 is 2.13 bits per heavy atom. The Hall–Kier alpha value is -1.23. The monoisotopic (exact) mass is 219 g/mol. The topological polar surface area (TPSA) is 18.5 Å². The second kappa shape index (κ2) is 4.53. The van der Waals surface area contributed by atoms with Crippen molar-refractivity contribution >= 4 is 0 Å². The fraction of sp³-hybridized carbons (Fsp3) is 0.300. The van der Waals surface area contributed by atoms with Crippen molar-refractivity contribution in [1.82, 2.24) is 0 Å². The second-order valence-corrected chi connectivity index (χ2v) is 2.87. The summed E-state index contributed by atoms with van der Waals surface area (Å²) in [6.07, 6.45) is 0. The Morgan fingerprint density at radius 2 is 1.67 bits per heavy atom. The lowest BCUT2D eigenvalue weighted by Gasteiger charge is -2.12. The third-order valence-electron chi connectivity index (χ3n) is 1.95. The molecule has 0 aliphatic heterocycles. The Kier molecular flexibility index (Phi) is 3.57. The van der Waals surface area contributed by atoms with Crippen LogP contribution in [-0.2, 0) is 11.3 Å². The summed E-state index contributed by atoms with van der Waals surface area (Å²) < 4.78 is 49.1. The van der Waals surface area contributed by atoms with Crippen LogP contribution in [0.15, 0.2) is 0 Å². The first-order chi connectivity index (χ1) is 7.04. The van der Waals surface area contributed by atoms with E-state index in [1.54, 1.807) is 0 Å². The van der Waals surface area contributed by atoms with E-state index in [1.807, 2.05) is 0 Å². The third-order valence-corrected chi connectivity index (χ3v) is 1.95. The summed E-state index contributed by atoms with van der Waals surface area (Å²) in [5.41, 5.74) is -0.938. The molecule has 0 fully saturated rings. The quantitative estimate of drug-likeness (QED) is 0.727. The zero-order valence-corrected chi connectivity index (χ0v) is 8.36. The van der Waals surface area contributed by atoms with E-state index in [2.05, 4.69) is 16.4 Å². The van der Waals surface area contributed by atoms with Gasteiger partial charge in [-0.3, -0.25) is 0 Å². The minimum Gasteiger partial charge on any atom is -0.493 e. The van der Waals surface area contributed by atoms with E-state index in [0.29, 0.717) is 0 Å². The highest BCUT2D eigenvalue weighted by molar-refractivity contribution is 5.43. The Balaban J connectivity index is 3.45. The standard InChI is InChI=1S/C10H10F3O2/c1-5-7(11)8(12)6(4-14-2)9(13)10(5)15-3/h1,4H2,2-3H3. The highest BCUT2D eigenvalue weighted by atomic mass is 19.2. The van der Waals surface area contributed by atoms with Gasteiger partial charge in [0.15, 0.2) is 23.2 Å². The summed E-state index contributed by atoms with van der Waals surface area (Å²) in [6, 6.07) is 0. The van der Waals surface area contributed by atoms with Crippen LogP contribution in [0.1, 0.15) is 11.1 Å². The molecule has 0 aliphatic rings. The number of hydrogen-bond donors (Lipinski definition) is 0. The number of methoxy groups -OCH3 is 2. The summed E-state index contributed by atoms with van der Waals surface area (Å²) in [7, 11) is 2.41. The molecule has 0 unspecified atom stereocenters. The summed E-state index contributed by atoms with van der Waals surface area (Å²) >= 11 is 0. The van der Waals surface area contributed by atoms with Crippen LogP contribution >= 0.6 is 0 Å². The molecule has 1 rings (SSSR count). The normalized spacial score (nSPS) is 10.5. The van der Waals surface area contributed by atoms with Crippen molar-refractivity contribution in [2.45, 2.75) is 6.61 Å². The van der Waals surface area contributed by atoms with E-state index in [1.165, 1.54) is 7.11 Å². The van der Waals surface area contributed by atoms with Gasteiger partial charge in [-0.25, -0.2) is 13.2 Å². The van der Waals surface area contributed by atoms with Crippen molar-refractivity contribution < 1.29 is 22.6 Å². The van der Waals surface area contributed by atoms with Crippen LogP contribution in [0, 0.1) is 24.4 Å². The molecule has 0 spiro atoms. The molecule has 0 aliphatic carbocycles. The Labute approximate surface area is 85.6 Å². The first kappa shape index (κ1) is 11.8. The van der Waals surface area contributed by atoms with Crippen molar-refractivity contribution in [1.29, 1.82) is 0 Å². The number of halogens is 3. The lowest BCUT2D eigenvalue weighted by molar-refractivity contribution is 0.175. The average molecular weight is 219 g/mol. The molecule has 15 heavy (non-hydrogen) atoms. The van der Waals surface area contributed by atoms with Gasteiger partial charge in [0.1, 0.15) is 0 Å². The first-order valence-electron chi connectivity index (χ1n) is 4.08. The minimum absolute atomic E-state index is 0.370. The van der Waals surface area contributed by atoms with E-state index in [4.69, 9.17) is 0 Å². The summed E-state index contributed by atoms with van der Waals surface area (Å²) in [4.78, 5) is 0. The fourth-order valence-corrected chi connectivity index (χ4v) is 1.21. The predicted molar refractivity (Wildman–Crippen MR) is 48.0 cm³/mol. The van der Waals surface area contributed by atoms with E-state index < -0.39 is 34.3 Å². The van der Waals surface area contributed by atoms with Gasteiger partial charge in [-0.05, 0) is 6.92 Å². The van der Waals surface area contributed by atoms with Gasteiger partial charge < -0.3 is 9.47 Å². The van der Waals surface area contributed by atoms with Gasteiger partial charge in [-0.15, -0.1) is 0 Å². The summed E-state index contributed by atoms with van der Waals surface area (Å²) in [5.74, 6) is -3.90. The van der Waals surface area contributed by atoms with Crippen LogP contribution in [-0.4, -0.2) is 14.2 Å². The number of hydrogen-bond acceptors (Lipinski definition) is 2. The Bertz CT molecular complexity index is 378. The molecular formula is C10H10F3O2. The van der Waals surface area contributed by atoms with Gasteiger partial charge in [0.25, 0.3) is 0 Å². The molecule has 1 radical (unpaired) electrons. The smallest absolute Gasteiger partial charge is 0.174 e. The molecule has 0 saturated heterocycles. The zero-order chi connectivity index (χ0) is 11.6. The molecule has 0 saturated carbocycles. The molecule has 0 N–H and O–H groups in total. The average Bonchev–Trinajstić information content (AvgIpc) is 2.22. The van der Waals surface area contributed by atoms with Gasteiger partial charge in [0, 0.05) is 12.7 Å². The highest BCUT2D eigenvalue weighted by Crippen LogP contribution is 2.30. The molecular weight excluding hydrogens is 209 g/mol. The predicted octanol–water partition coefficient (Wildman–Crippen LogP) is 2.44. The fourth-order valence-electron chi connectivity index (χ4n) is 1.21. The number of rotatable bonds is 3. The first-order valence-corrected chi connectivity index (χ1v) is 4.08. The van der Waals surface area contributed by atoms with Crippen LogP contribution in [0.3, 0.4) is 0 Å². The van der Waals surface area contributed by atoms with Gasteiger partial charge in [0.2, 0.25) is 0 Å². The van der Waals surface area contributed by atoms with Crippen molar-refractivity contribution in [3.8, 4) is 5.75 Å². The lowest BCUT2D eigenvalue weighted by atomic mass is 10.1. The molecule has 0 bridgehead atoms. The van der Waals surface area contributed by atoms with Crippen LogP contribution < -0.4 is 4.74 Å². The summed E-state index contributed by atoms with van der Waals surface area (Å²) in [5, 5.41) is 0. The zero-order valence-electron chi connectivity index (χ0n) is 8.36. The highest BCUT2D eigenvalue weighted by Gasteiger charge is 2.23. The second-order valence-electron chi connectivity index (χ2n) is 2.87. The van der Waals surface area contributed by atoms with Crippen molar-refractivity contribution in [2.24, 2.45) is 0 Å². The maximum Gasteiger partial charge on any atom is 0.174 e. The van der Waals surface area contributed by atoms with Crippen molar-refractivity contribution in [3.05, 3.63) is 35.5 Å². The van der Waals surface area contributed by atoms with Crippen LogP contribution in [0.2, 0.25) is 0 Å². The molecule has 83 valence electrons. The van der Waals surface area contributed by atoms with Crippen LogP contribution in [0.5, 0.6) is 5.75 Å². The molecule has 2 nitrogen and oxygen atoms in total. The number of benzene rings is 1. The van der Waals surface area contributed by atoms with Gasteiger partial charge in [0.05, 0.1) is 19.3 Å².